The largest absolute Gasteiger partial charge is 0.310 e. The molecule has 8 nitrogen and oxygen atoms in total. The molecule has 0 radical (unpaired) electrons. The van der Waals surface area contributed by atoms with Crippen molar-refractivity contribution in [1.29, 1.82) is 0 Å². The molecular formula is C33H32N4O4. The molecule has 1 spiro atoms. The smallest absolute Gasteiger partial charge is 0.253 e. The minimum Gasteiger partial charge on any atom is -0.310 e. The zero-order chi connectivity index (χ0) is 28.5. The van der Waals surface area contributed by atoms with Crippen LogP contribution >= 0.6 is 0 Å². The molecule has 3 aromatic rings. The van der Waals surface area contributed by atoms with E-state index in [1.54, 1.807) is 29.2 Å². The van der Waals surface area contributed by atoms with E-state index >= 15 is 0 Å². The highest BCUT2D eigenvalue weighted by atomic mass is 16.2. The highest BCUT2D eigenvalue weighted by Gasteiger charge is 2.71. The van der Waals surface area contributed by atoms with Gasteiger partial charge in [0.05, 0.1) is 17.5 Å². The average molecular weight is 549 g/mol. The monoisotopic (exact) mass is 548 g/mol. The number of carbonyl (C=O) groups is 4. The van der Waals surface area contributed by atoms with Gasteiger partial charge in [-0.25, -0.2) is 4.90 Å². The number of para-hydroxylation sites is 3. The van der Waals surface area contributed by atoms with Crippen molar-refractivity contribution in [3.63, 3.8) is 0 Å². The first kappa shape index (κ1) is 25.7. The van der Waals surface area contributed by atoms with Crippen molar-refractivity contribution < 1.29 is 19.2 Å². The zero-order valence-corrected chi connectivity index (χ0v) is 23.1. The lowest BCUT2D eigenvalue weighted by molar-refractivity contribution is -0.132. The van der Waals surface area contributed by atoms with Crippen LogP contribution in [0, 0.1) is 17.8 Å². The molecule has 208 valence electrons. The number of nitrogens with zero attached hydrogens (tertiary/aromatic N) is 3. The maximum atomic E-state index is 14.7. The first-order valence-corrected chi connectivity index (χ1v) is 14.3. The van der Waals surface area contributed by atoms with E-state index in [2.05, 4.69) is 19.2 Å². The summed E-state index contributed by atoms with van der Waals surface area (Å²) in [4.78, 5) is 61.1. The van der Waals surface area contributed by atoms with Gasteiger partial charge in [0.2, 0.25) is 17.7 Å². The second-order valence-corrected chi connectivity index (χ2v) is 11.9. The molecule has 4 amide bonds. The predicted molar refractivity (Wildman–Crippen MR) is 155 cm³/mol. The molecule has 4 atom stereocenters. The molecule has 7 rings (SSSR count). The van der Waals surface area contributed by atoms with E-state index in [4.69, 9.17) is 0 Å². The molecule has 2 saturated heterocycles. The minimum atomic E-state index is -1.43. The summed E-state index contributed by atoms with van der Waals surface area (Å²) in [6.45, 7) is 4.55. The van der Waals surface area contributed by atoms with Crippen LogP contribution in [0.2, 0.25) is 0 Å². The van der Waals surface area contributed by atoms with Crippen LogP contribution in [-0.2, 0) is 31.1 Å². The Bertz CT molecular complexity index is 1590. The lowest BCUT2D eigenvalue weighted by Crippen LogP contribution is -2.56. The van der Waals surface area contributed by atoms with Crippen LogP contribution in [0.25, 0.3) is 0 Å². The summed E-state index contributed by atoms with van der Waals surface area (Å²) < 4.78 is 0. The van der Waals surface area contributed by atoms with E-state index < -0.39 is 17.4 Å². The Hall–Kier alpha value is -4.30. The number of fused-ring (bicyclic) bond motifs is 5. The maximum Gasteiger partial charge on any atom is 0.253 e. The normalized spacial score (nSPS) is 26.4. The van der Waals surface area contributed by atoms with Gasteiger partial charge in [-0.3, -0.25) is 24.5 Å². The highest BCUT2D eigenvalue weighted by Crippen LogP contribution is 2.55. The van der Waals surface area contributed by atoms with Crippen molar-refractivity contribution in [3.8, 4) is 0 Å². The summed E-state index contributed by atoms with van der Waals surface area (Å²) in [5.41, 5.74) is 2.32. The van der Waals surface area contributed by atoms with Crippen LogP contribution in [0.15, 0.2) is 78.9 Å². The summed E-state index contributed by atoms with van der Waals surface area (Å²) in [5.74, 6) is -2.57. The molecule has 0 bridgehead atoms. The Morgan fingerprint density at radius 2 is 1.59 bits per heavy atom. The fourth-order valence-electron chi connectivity index (χ4n) is 7.46. The number of anilines is 3. The SMILES string of the molecule is CC(C)C[C@H]1N[C@]2(C(=O)N(CC(=O)N3CCc4ccccc43)c3ccccc32)[C@@H]2C(=O)N(c3ccccc3)C(=O)[C@H]21. The number of carbonyl (C=O) groups excluding carboxylic acids is 4. The first-order valence-electron chi connectivity index (χ1n) is 14.3. The summed E-state index contributed by atoms with van der Waals surface area (Å²) in [5, 5.41) is 3.54. The van der Waals surface area contributed by atoms with E-state index in [-0.39, 0.29) is 42.1 Å². The Morgan fingerprint density at radius 1 is 0.902 bits per heavy atom. The van der Waals surface area contributed by atoms with E-state index in [9.17, 15) is 19.2 Å². The van der Waals surface area contributed by atoms with Gasteiger partial charge in [-0.2, -0.15) is 0 Å². The molecule has 0 aliphatic carbocycles. The van der Waals surface area contributed by atoms with Crippen LogP contribution in [-0.4, -0.2) is 42.8 Å². The van der Waals surface area contributed by atoms with E-state index in [1.165, 1.54) is 9.80 Å². The van der Waals surface area contributed by atoms with Gasteiger partial charge in [-0.15, -0.1) is 0 Å². The lowest BCUT2D eigenvalue weighted by Gasteiger charge is -2.31. The maximum absolute atomic E-state index is 14.7. The fraction of sp³-hybridized carbons (Fsp3) is 0.333. The number of imide groups is 1. The fourth-order valence-corrected chi connectivity index (χ4v) is 7.46. The molecule has 0 unspecified atom stereocenters. The Morgan fingerprint density at radius 3 is 2.34 bits per heavy atom. The topological polar surface area (TPSA) is 90.0 Å². The van der Waals surface area contributed by atoms with Crippen molar-refractivity contribution in [2.75, 3.05) is 27.8 Å². The summed E-state index contributed by atoms with van der Waals surface area (Å²) >= 11 is 0. The van der Waals surface area contributed by atoms with Crippen LogP contribution in [0.5, 0.6) is 0 Å². The second kappa shape index (κ2) is 9.38. The molecule has 8 heteroatoms. The van der Waals surface area contributed by atoms with Gasteiger partial charge < -0.3 is 9.80 Å². The van der Waals surface area contributed by atoms with Crippen LogP contribution in [0.3, 0.4) is 0 Å². The van der Waals surface area contributed by atoms with Gasteiger partial charge in [0.15, 0.2) is 0 Å². The van der Waals surface area contributed by atoms with Gasteiger partial charge in [-0.1, -0.05) is 68.4 Å². The zero-order valence-electron chi connectivity index (χ0n) is 23.1. The van der Waals surface area contributed by atoms with Gasteiger partial charge in [0.1, 0.15) is 12.1 Å². The molecule has 3 aromatic carbocycles. The molecule has 41 heavy (non-hydrogen) atoms. The Labute approximate surface area is 238 Å². The van der Waals surface area contributed by atoms with E-state index in [0.29, 0.717) is 29.9 Å². The first-order chi connectivity index (χ1) is 19.8. The van der Waals surface area contributed by atoms with E-state index in [1.807, 2.05) is 54.6 Å². The highest BCUT2D eigenvalue weighted by molar-refractivity contribution is 6.26. The number of nitrogens with one attached hydrogen (secondary N) is 1. The average Bonchev–Trinajstić information content (AvgIpc) is 3.68. The molecule has 1 N–H and O–H groups in total. The Kier molecular flexibility index (Phi) is 5.87. The number of rotatable bonds is 5. The van der Waals surface area contributed by atoms with Crippen molar-refractivity contribution in [1.82, 2.24) is 5.32 Å². The van der Waals surface area contributed by atoms with Crippen LogP contribution in [0.1, 0.15) is 31.4 Å². The van der Waals surface area contributed by atoms with Gasteiger partial charge in [0.25, 0.3) is 5.91 Å². The molecule has 0 aromatic heterocycles. The quantitative estimate of drug-likeness (QED) is 0.492. The molecule has 4 aliphatic rings. The van der Waals surface area contributed by atoms with Gasteiger partial charge >= 0.3 is 0 Å². The van der Waals surface area contributed by atoms with Gasteiger partial charge in [-0.05, 0) is 48.6 Å². The minimum absolute atomic E-state index is 0.148. The third-order valence-corrected chi connectivity index (χ3v) is 9.09. The molecule has 0 saturated carbocycles. The molecule has 4 heterocycles. The summed E-state index contributed by atoms with van der Waals surface area (Å²) in [7, 11) is 0. The second-order valence-electron chi connectivity index (χ2n) is 11.9. The Balaban J connectivity index is 1.30. The third-order valence-electron chi connectivity index (χ3n) is 9.09. The number of hydrogen-bond acceptors (Lipinski definition) is 5. The third kappa shape index (κ3) is 3.63. The number of amides is 4. The van der Waals surface area contributed by atoms with E-state index in [0.717, 1.165) is 17.7 Å². The lowest BCUT2D eigenvalue weighted by atomic mass is 9.76. The van der Waals surface area contributed by atoms with Crippen molar-refractivity contribution in [3.05, 3.63) is 90.0 Å². The molecular weight excluding hydrogens is 516 g/mol. The molecule has 2 fully saturated rings. The standard InChI is InChI=1S/C33H32N4O4/c1-20(2)18-24-28-29(31(40)37(30(28)39)22-11-4-3-5-12-22)33(34-24)23-13-7-9-15-26(23)36(32(33)41)19-27(38)35-17-16-21-10-6-8-14-25(21)35/h3-15,20,24,28-29,34H,16-19H2,1-2H3/t24-,28+,29+,33+/m1/s1. The molecule has 4 aliphatic heterocycles. The predicted octanol–water partition coefficient (Wildman–Crippen LogP) is 3.64. The van der Waals surface area contributed by atoms with Crippen LogP contribution in [0.4, 0.5) is 17.1 Å². The van der Waals surface area contributed by atoms with Gasteiger partial charge in [0, 0.05) is 29.5 Å². The number of hydrogen-bond donors (Lipinski definition) is 1. The summed E-state index contributed by atoms with van der Waals surface area (Å²) in [6, 6.07) is 23.7. The van der Waals surface area contributed by atoms with Crippen molar-refractivity contribution in [2.45, 2.75) is 38.3 Å². The van der Waals surface area contributed by atoms with Crippen molar-refractivity contribution >= 4 is 40.7 Å². The number of benzene rings is 3. The van der Waals surface area contributed by atoms with Crippen LogP contribution < -0.4 is 20.0 Å². The summed E-state index contributed by atoms with van der Waals surface area (Å²) in [6.07, 6.45) is 1.40. The van der Waals surface area contributed by atoms with Crippen molar-refractivity contribution in [2.24, 2.45) is 17.8 Å².